The SMILES string of the molecule is CCCNc1cc(N2CCC[C@@H](CCC(=O)NCc3cccc(F)c3)C2)ncn1. The molecule has 0 unspecified atom stereocenters. The Labute approximate surface area is 171 Å². The van der Waals surface area contributed by atoms with Gasteiger partial charge in [0.25, 0.3) is 0 Å². The number of carbonyl (C=O) groups excluding carboxylic acids is 1. The van der Waals surface area contributed by atoms with Crippen molar-refractivity contribution < 1.29 is 9.18 Å². The molecule has 0 aliphatic carbocycles. The molecule has 0 spiro atoms. The Morgan fingerprint density at radius 3 is 3.03 bits per heavy atom. The van der Waals surface area contributed by atoms with Crippen molar-refractivity contribution in [2.45, 2.75) is 45.6 Å². The molecule has 0 bridgehead atoms. The van der Waals surface area contributed by atoms with Crippen LogP contribution in [0.4, 0.5) is 16.0 Å². The molecule has 29 heavy (non-hydrogen) atoms. The van der Waals surface area contributed by atoms with E-state index in [1.54, 1.807) is 12.4 Å². The molecule has 2 aromatic rings. The lowest BCUT2D eigenvalue weighted by Crippen LogP contribution is -2.36. The maximum absolute atomic E-state index is 13.2. The van der Waals surface area contributed by atoms with Crippen LogP contribution in [-0.4, -0.2) is 35.5 Å². The second-order valence-corrected chi connectivity index (χ2v) is 7.59. The van der Waals surface area contributed by atoms with Gasteiger partial charge in [-0.05, 0) is 49.3 Å². The fraction of sp³-hybridized carbons (Fsp3) is 0.500. The van der Waals surface area contributed by atoms with Gasteiger partial charge >= 0.3 is 0 Å². The number of hydrogen-bond acceptors (Lipinski definition) is 5. The third-order valence-electron chi connectivity index (χ3n) is 5.21. The van der Waals surface area contributed by atoms with Gasteiger partial charge < -0.3 is 15.5 Å². The molecule has 7 heteroatoms. The molecule has 1 atom stereocenters. The second-order valence-electron chi connectivity index (χ2n) is 7.59. The number of hydrogen-bond donors (Lipinski definition) is 2. The average molecular weight is 400 g/mol. The Morgan fingerprint density at radius 1 is 1.31 bits per heavy atom. The van der Waals surface area contributed by atoms with Crippen LogP contribution in [0.25, 0.3) is 0 Å². The summed E-state index contributed by atoms with van der Waals surface area (Å²) in [6, 6.07) is 8.33. The predicted molar refractivity (Wildman–Crippen MR) is 113 cm³/mol. The molecular weight excluding hydrogens is 369 g/mol. The van der Waals surface area contributed by atoms with Crippen LogP contribution in [0.2, 0.25) is 0 Å². The Morgan fingerprint density at radius 2 is 2.21 bits per heavy atom. The summed E-state index contributed by atoms with van der Waals surface area (Å²) in [5.41, 5.74) is 0.776. The summed E-state index contributed by atoms with van der Waals surface area (Å²) in [4.78, 5) is 23.2. The summed E-state index contributed by atoms with van der Waals surface area (Å²) in [7, 11) is 0. The van der Waals surface area contributed by atoms with Crippen LogP contribution in [0.5, 0.6) is 0 Å². The number of benzene rings is 1. The van der Waals surface area contributed by atoms with Crippen molar-refractivity contribution >= 4 is 17.5 Å². The largest absolute Gasteiger partial charge is 0.370 e. The van der Waals surface area contributed by atoms with Crippen LogP contribution in [0.3, 0.4) is 0 Å². The number of nitrogens with one attached hydrogen (secondary N) is 2. The first-order valence-electron chi connectivity index (χ1n) is 10.5. The molecule has 156 valence electrons. The average Bonchev–Trinajstić information content (AvgIpc) is 2.75. The Bertz CT molecular complexity index is 800. The lowest BCUT2D eigenvalue weighted by Gasteiger charge is -2.33. The van der Waals surface area contributed by atoms with E-state index in [2.05, 4.69) is 32.4 Å². The quantitative estimate of drug-likeness (QED) is 0.672. The maximum Gasteiger partial charge on any atom is 0.220 e. The van der Waals surface area contributed by atoms with E-state index in [-0.39, 0.29) is 11.7 Å². The van der Waals surface area contributed by atoms with E-state index in [1.165, 1.54) is 12.1 Å². The zero-order valence-electron chi connectivity index (χ0n) is 17.0. The highest BCUT2D eigenvalue weighted by atomic mass is 19.1. The molecule has 2 N–H and O–H groups in total. The zero-order valence-corrected chi connectivity index (χ0v) is 17.0. The van der Waals surface area contributed by atoms with Gasteiger partial charge in [-0.2, -0.15) is 0 Å². The fourth-order valence-corrected chi connectivity index (χ4v) is 3.65. The molecule has 1 aromatic heterocycles. The van der Waals surface area contributed by atoms with E-state index in [0.29, 0.717) is 18.9 Å². The summed E-state index contributed by atoms with van der Waals surface area (Å²) in [5.74, 6) is 2.00. The monoisotopic (exact) mass is 399 g/mol. The molecule has 1 aliphatic rings. The van der Waals surface area contributed by atoms with Gasteiger partial charge in [0.2, 0.25) is 5.91 Å². The molecule has 1 aliphatic heterocycles. The van der Waals surface area contributed by atoms with E-state index < -0.39 is 0 Å². The van der Waals surface area contributed by atoms with E-state index in [9.17, 15) is 9.18 Å². The lowest BCUT2D eigenvalue weighted by molar-refractivity contribution is -0.121. The van der Waals surface area contributed by atoms with Crippen LogP contribution >= 0.6 is 0 Å². The number of rotatable bonds is 9. The smallest absolute Gasteiger partial charge is 0.220 e. The third-order valence-corrected chi connectivity index (χ3v) is 5.21. The Balaban J connectivity index is 1.45. The molecule has 1 aromatic carbocycles. The van der Waals surface area contributed by atoms with Crippen molar-refractivity contribution in [3.05, 3.63) is 48.0 Å². The standard InChI is InChI=1S/C22H30FN5O/c1-2-10-24-20-13-21(27-16-26-20)28-11-4-6-17(15-28)8-9-22(29)25-14-18-5-3-7-19(23)12-18/h3,5,7,12-13,16-17H,2,4,6,8-11,14-15H2,1H3,(H,25,29)(H,24,26,27)/t17-/m0/s1. The van der Waals surface area contributed by atoms with Crippen LogP contribution in [0.1, 0.15) is 44.6 Å². The number of halogens is 1. The molecule has 1 fully saturated rings. The van der Waals surface area contributed by atoms with Gasteiger partial charge in [0.15, 0.2) is 0 Å². The molecule has 0 saturated carbocycles. The first-order valence-corrected chi connectivity index (χ1v) is 10.5. The van der Waals surface area contributed by atoms with Crippen molar-refractivity contribution in [3.8, 4) is 0 Å². The molecule has 2 heterocycles. The van der Waals surface area contributed by atoms with Crippen LogP contribution in [0, 0.1) is 11.7 Å². The Hall–Kier alpha value is -2.70. The van der Waals surface area contributed by atoms with Gasteiger partial charge in [-0.1, -0.05) is 19.1 Å². The lowest BCUT2D eigenvalue weighted by atomic mass is 9.93. The van der Waals surface area contributed by atoms with Gasteiger partial charge in [0, 0.05) is 38.7 Å². The molecule has 3 rings (SSSR count). The number of anilines is 2. The van der Waals surface area contributed by atoms with Crippen molar-refractivity contribution in [2.24, 2.45) is 5.92 Å². The van der Waals surface area contributed by atoms with Gasteiger partial charge in [-0.3, -0.25) is 4.79 Å². The third kappa shape index (κ3) is 6.69. The molecule has 0 radical (unpaired) electrons. The topological polar surface area (TPSA) is 70.2 Å². The summed E-state index contributed by atoms with van der Waals surface area (Å²) < 4.78 is 13.2. The summed E-state index contributed by atoms with van der Waals surface area (Å²) >= 11 is 0. The minimum Gasteiger partial charge on any atom is -0.370 e. The number of piperidine rings is 1. The molecule has 6 nitrogen and oxygen atoms in total. The van der Waals surface area contributed by atoms with Gasteiger partial charge in [-0.15, -0.1) is 0 Å². The van der Waals surface area contributed by atoms with E-state index in [0.717, 1.165) is 62.5 Å². The van der Waals surface area contributed by atoms with Crippen molar-refractivity contribution in [1.29, 1.82) is 0 Å². The van der Waals surface area contributed by atoms with Gasteiger partial charge in [-0.25, -0.2) is 14.4 Å². The van der Waals surface area contributed by atoms with E-state index >= 15 is 0 Å². The zero-order chi connectivity index (χ0) is 20.5. The highest BCUT2D eigenvalue weighted by molar-refractivity contribution is 5.75. The van der Waals surface area contributed by atoms with E-state index in [4.69, 9.17) is 0 Å². The van der Waals surface area contributed by atoms with Gasteiger partial charge in [0.05, 0.1) is 0 Å². The van der Waals surface area contributed by atoms with Crippen LogP contribution < -0.4 is 15.5 Å². The highest BCUT2D eigenvalue weighted by Gasteiger charge is 2.22. The number of carbonyl (C=O) groups is 1. The van der Waals surface area contributed by atoms with E-state index in [1.807, 2.05) is 12.1 Å². The van der Waals surface area contributed by atoms with Crippen LogP contribution in [0.15, 0.2) is 36.7 Å². The minimum atomic E-state index is -0.281. The van der Waals surface area contributed by atoms with Crippen molar-refractivity contribution in [1.82, 2.24) is 15.3 Å². The van der Waals surface area contributed by atoms with Crippen molar-refractivity contribution in [2.75, 3.05) is 29.9 Å². The normalized spacial score (nSPS) is 16.5. The van der Waals surface area contributed by atoms with Crippen LogP contribution in [-0.2, 0) is 11.3 Å². The Kier molecular flexibility index (Phi) is 7.78. The molecular formula is C22H30FN5O. The van der Waals surface area contributed by atoms with Crippen molar-refractivity contribution in [3.63, 3.8) is 0 Å². The first-order chi connectivity index (χ1) is 14.1. The number of nitrogens with zero attached hydrogens (tertiary/aromatic N) is 3. The summed E-state index contributed by atoms with van der Waals surface area (Å²) in [6.45, 7) is 5.26. The van der Waals surface area contributed by atoms with Gasteiger partial charge in [0.1, 0.15) is 23.8 Å². The first kappa shape index (κ1) is 21.0. The minimum absolute atomic E-state index is 0.0134. The maximum atomic E-state index is 13.2. The highest BCUT2D eigenvalue weighted by Crippen LogP contribution is 2.25. The number of amides is 1. The predicted octanol–water partition coefficient (Wildman–Crippen LogP) is 3.75. The fourth-order valence-electron chi connectivity index (χ4n) is 3.65. The molecule has 1 amide bonds. The molecule has 1 saturated heterocycles. The summed E-state index contributed by atoms with van der Waals surface area (Å²) in [5, 5.41) is 6.19. The summed E-state index contributed by atoms with van der Waals surface area (Å²) in [6.07, 6.45) is 6.21. The number of aromatic nitrogens is 2. The second kappa shape index (κ2) is 10.7.